The lowest BCUT2D eigenvalue weighted by Crippen LogP contribution is -2.44. The summed E-state index contributed by atoms with van der Waals surface area (Å²) in [5.74, 6) is 3.00. The Bertz CT molecular complexity index is 451. The van der Waals surface area contributed by atoms with Gasteiger partial charge in [0.1, 0.15) is 0 Å². The van der Waals surface area contributed by atoms with Gasteiger partial charge in [-0.05, 0) is 88.1 Å². The summed E-state index contributed by atoms with van der Waals surface area (Å²) in [5.41, 5.74) is 5.80. The fourth-order valence-electron chi connectivity index (χ4n) is 5.91. The van der Waals surface area contributed by atoms with Crippen molar-refractivity contribution in [3.8, 4) is 0 Å². The molecule has 0 bridgehead atoms. The van der Waals surface area contributed by atoms with Gasteiger partial charge in [-0.3, -0.25) is 0 Å². The van der Waals surface area contributed by atoms with E-state index in [1.165, 1.54) is 38.5 Å². The van der Waals surface area contributed by atoms with E-state index >= 15 is 0 Å². The average Bonchev–Trinajstić information content (AvgIpc) is 2.77. The van der Waals surface area contributed by atoms with Crippen LogP contribution in [0.2, 0.25) is 0 Å². The van der Waals surface area contributed by atoms with Crippen molar-refractivity contribution in [2.75, 3.05) is 13.1 Å². The van der Waals surface area contributed by atoms with E-state index in [4.69, 9.17) is 10.5 Å². The van der Waals surface area contributed by atoms with Crippen molar-refractivity contribution in [2.45, 2.75) is 122 Å². The lowest BCUT2D eigenvalue weighted by molar-refractivity contribution is -0.165. The quantitative estimate of drug-likeness (QED) is 0.263. The maximum absolute atomic E-state index is 10.3. The van der Waals surface area contributed by atoms with Crippen LogP contribution in [0.3, 0.4) is 0 Å². The number of nitrogens with two attached hydrogens (primary N) is 1. The third kappa shape index (κ3) is 9.65. The molecule has 2 aliphatic rings. The minimum absolute atomic E-state index is 0.104. The van der Waals surface area contributed by atoms with Crippen LogP contribution in [0.4, 0.5) is 0 Å². The number of hydrogen-bond acceptors (Lipinski definition) is 6. The van der Waals surface area contributed by atoms with E-state index in [1.54, 1.807) is 0 Å². The van der Waals surface area contributed by atoms with Crippen LogP contribution in [0.25, 0.3) is 0 Å². The maximum Gasteiger partial charge on any atom is 0.167 e. The fraction of sp³-hybridized carbons (Fsp3) is 1.00. The first-order chi connectivity index (χ1) is 14.9. The molecule has 0 aromatic heterocycles. The molecule has 2 aliphatic carbocycles. The minimum atomic E-state index is -1.50. The van der Waals surface area contributed by atoms with Crippen LogP contribution < -0.4 is 11.1 Å². The molecule has 3 unspecified atom stereocenters. The summed E-state index contributed by atoms with van der Waals surface area (Å²) in [4.78, 5) is 0. The summed E-state index contributed by atoms with van der Waals surface area (Å²) in [7, 11) is 0. The second-order valence-corrected chi connectivity index (χ2v) is 10.2. The topological polar surface area (TPSA) is 108 Å². The third-order valence-electron chi connectivity index (χ3n) is 8.07. The Morgan fingerprint density at radius 1 is 0.935 bits per heavy atom. The molecule has 2 fully saturated rings. The first kappa shape index (κ1) is 27.0. The zero-order chi connectivity index (χ0) is 22.6. The summed E-state index contributed by atoms with van der Waals surface area (Å²) in [6, 6.07) is -0.567. The van der Waals surface area contributed by atoms with Crippen molar-refractivity contribution >= 4 is 0 Å². The minimum Gasteiger partial charge on any atom is -0.368 e. The van der Waals surface area contributed by atoms with Gasteiger partial charge in [0.15, 0.2) is 12.6 Å². The smallest absolute Gasteiger partial charge is 0.167 e. The molecule has 2 rings (SSSR count). The van der Waals surface area contributed by atoms with E-state index in [0.29, 0.717) is 5.92 Å². The second-order valence-electron chi connectivity index (χ2n) is 10.2. The monoisotopic (exact) mass is 442 g/mol. The highest BCUT2D eigenvalue weighted by Gasteiger charge is 2.29. The first-order valence-corrected chi connectivity index (χ1v) is 13.1. The van der Waals surface area contributed by atoms with E-state index in [2.05, 4.69) is 19.2 Å². The molecule has 0 amide bonds. The highest BCUT2D eigenvalue weighted by atomic mass is 16.6. The molecule has 31 heavy (non-hydrogen) atoms. The highest BCUT2D eigenvalue weighted by molar-refractivity contribution is 4.81. The van der Waals surface area contributed by atoms with Crippen LogP contribution in [0.5, 0.6) is 0 Å². The van der Waals surface area contributed by atoms with Crippen molar-refractivity contribution in [3.63, 3.8) is 0 Å². The molecule has 0 aliphatic heterocycles. The second kappa shape index (κ2) is 14.8. The van der Waals surface area contributed by atoms with Crippen LogP contribution in [0, 0.1) is 23.7 Å². The molecule has 184 valence electrons. The normalized spacial score (nSPS) is 27.2. The molecular formula is C25H50N2O4. The molecule has 6 heteroatoms. The first-order valence-electron chi connectivity index (χ1n) is 13.1. The molecule has 4 atom stereocenters. The number of nitrogens with one attached hydrogen (secondary N) is 1. The standard InChI is InChI=1S/C25H50N2O4/c1-3-19(13-15-26)21-11-9-20(10-12-21)18(2)14-16-27-23(25(29)30)17-24(28)31-22-7-5-4-6-8-22/h18-25,27-30H,3-17,26H2,1-2H3/t18?,19?,20?,21?,23-,24?/m1/s1. The number of aliphatic hydroxyl groups excluding tert-OH is 2. The Labute approximate surface area is 190 Å². The fourth-order valence-corrected chi connectivity index (χ4v) is 5.91. The van der Waals surface area contributed by atoms with E-state index in [1.807, 2.05) is 0 Å². The molecule has 0 spiro atoms. The summed E-state index contributed by atoms with van der Waals surface area (Å²) in [5, 5.41) is 33.0. The molecule has 6 nitrogen and oxygen atoms in total. The van der Waals surface area contributed by atoms with E-state index in [9.17, 15) is 15.3 Å². The predicted octanol–water partition coefficient (Wildman–Crippen LogP) is 3.52. The van der Waals surface area contributed by atoms with Gasteiger partial charge in [0.25, 0.3) is 0 Å². The van der Waals surface area contributed by atoms with Crippen molar-refractivity contribution in [2.24, 2.45) is 29.4 Å². The molecule has 6 N–H and O–H groups in total. The summed E-state index contributed by atoms with van der Waals surface area (Å²) < 4.78 is 5.74. The van der Waals surface area contributed by atoms with Crippen LogP contribution in [0.15, 0.2) is 0 Å². The molecular weight excluding hydrogens is 392 g/mol. The zero-order valence-electron chi connectivity index (χ0n) is 20.1. The predicted molar refractivity (Wildman–Crippen MR) is 125 cm³/mol. The molecule has 0 heterocycles. The number of rotatable bonds is 14. The van der Waals surface area contributed by atoms with Crippen LogP contribution in [-0.2, 0) is 4.74 Å². The molecule has 0 aromatic carbocycles. The van der Waals surface area contributed by atoms with Crippen LogP contribution in [0.1, 0.15) is 97.3 Å². The summed E-state index contributed by atoms with van der Waals surface area (Å²) >= 11 is 0. The van der Waals surface area contributed by atoms with Crippen LogP contribution in [-0.4, -0.2) is 53.1 Å². The summed E-state index contributed by atoms with van der Waals surface area (Å²) in [6.07, 6.45) is 12.0. The van der Waals surface area contributed by atoms with E-state index < -0.39 is 18.6 Å². The van der Waals surface area contributed by atoms with Gasteiger partial charge in [-0.25, -0.2) is 0 Å². The van der Waals surface area contributed by atoms with Gasteiger partial charge in [-0.2, -0.15) is 0 Å². The van der Waals surface area contributed by atoms with Gasteiger partial charge in [-0.1, -0.05) is 39.5 Å². The van der Waals surface area contributed by atoms with Gasteiger partial charge in [0, 0.05) is 6.42 Å². The van der Waals surface area contributed by atoms with Crippen molar-refractivity contribution in [1.29, 1.82) is 0 Å². The van der Waals surface area contributed by atoms with E-state index in [0.717, 1.165) is 69.4 Å². The number of aliphatic hydroxyl groups is 3. The Hall–Kier alpha value is -0.240. The highest BCUT2D eigenvalue weighted by Crippen LogP contribution is 2.39. The third-order valence-corrected chi connectivity index (χ3v) is 8.07. The SMILES string of the molecule is CCC(CCN)C1CCC(C(C)CCN[C@H](CC(O)OC2CCCCC2)C(O)O)CC1. The maximum atomic E-state index is 10.3. The van der Waals surface area contributed by atoms with Gasteiger partial charge < -0.3 is 31.1 Å². The molecule has 2 saturated carbocycles. The molecule has 0 aromatic rings. The average molecular weight is 443 g/mol. The number of ether oxygens (including phenoxy) is 1. The van der Waals surface area contributed by atoms with Gasteiger partial charge in [0.2, 0.25) is 0 Å². The lowest BCUT2D eigenvalue weighted by Gasteiger charge is -2.36. The van der Waals surface area contributed by atoms with Crippen molar-refractivity contribution in [3.05, 3.63) is 0 Å². The molecule has 0 radical (unpaired) electrons. The van der Waals surface area contributed by atoms with Gasteiger partial charge in [0.05, 0.1) is 12.1 Å². The summed E-state index contributed by atoms with van der Waals surface area (Å²) in [6.45, 7) is 6.15. The Morgan fingerprint density at radius 2 is 1.58 bits per heavy atom. The van der Waals surface area contributed by atoms with E-state index in [-0.39, 0.29) is 12.5 Å². The number of hydrogen-bond donors (Lipinski definition) is 5. The lowest BCUT2D eigenvalue weighted by atomic mass is 9.70. The van der Waals surface area contributed by atoms with Gasteiger partial charge >= 0.3 is 0 Å². The van der Waals surface area contributed by atoms with Crippen molar-refractivity contribution < 1.29 is 20.1 Å². The molecule has 0 saturated heterocycles. The Kier molecular flexibility index (Phi) is 12.9. The Balaban J connectivity index is 1.67. The van der Waals surface area contributed by atoms with Crippen molar-refractivity contribution in [1.82, 2.24) is 5.32 Å². The Morgan fingerprint density at radius 3 is 2.16 bits per heavy atom. The largest absolute Gasteiger partial charge is 0.368 e. The van der Waals surface area contributed by atoms with Crippen LogP contribution >= 0.6 is 0 Å². The zero-order valence-corrected chi connectivity index (χ0v) is 20.1. The van der Waals surface area contributed by atoms with Gasteiger partial charge in [-0.15, -0.1) is 0 Å².